The van der Waals surface area contributed by atoms with E-state index in [0.717, 1.165) is 30.0 Å². The molecule has 0 aliphatic carbocycles. The number of likely N-dealkylation sites (N-methyl/N-ethyl adjacent to an activating group) is 1. The van der Waals surface area contributed by atoms with Crippen molar-refractivity contribution in [2.75, 3.05) is 20.3 Å². The first-order chi connectivity index (χ1) is 8.69. The van der Waals surface area contributed by atoms with E-state index in [4.69, 9.17) is 9.47 Å². The fraction of sp³-hybridized carbons (Fsp3) is 0.571. The number of hydrogen-bond donors (Lipinski definition) is 2. The number of rotatable bonds is 5. The van der Waals surface area contributed by atoms with Gasteiger partial charge < -0.3 is 19.9 Å². The molecule has 4 heteroatoms. The first-order valence-electron chi connectivity index (χ1n) is 6.41. The smallest absolute Gasteiger partial charge is 0.124 e. The van der Waals surface area contributed by atoms with Crippen molar-refractivity contribution in [3.63, 3.8) is 0 Å². The molecule has 0 bridgehead atoms. The summed E-state index contributed by atoms with van der Waals surface area (Å²) in [4.78, 5) is 0. The van der Waals surface area contributed by atoms with Gasteiger partial charge in [0.2, 0.25) is 0 Å². The van der Waals surface area contributed by atoms with Gasteiger partial charge in [0.1, 0.15) is 17.6 Å². The van der Waals surface area contributed by atoms with Crippen molar-refractivity contribution in [3.8, 4) is 11.5 Å². The Bertz CT molecular complexity index is 420. The van der Waals surface area contributed by atoms with Gasteiger partial charge in [-0.25, -0.2) is 0 Å². The van der Waals surface area contributed by atoms with Crippen molar-refractivity contribution in [1.29, 1.82) is 0 Å². The number of methoxy groups -OCH3 is 1. The molecule has 18 heavy (non-hydrogen) atoms. The number of nitrogens with one attached hydrogen (secondary N) is 1. The number of benzene rings is 1. The van der Waals surface area contributed by atoms with E-state index >= 15 is 0 Å². The number of fused-ring (bicyclic) bond motifs is 1. The minimum Gasteiger partial charge on any atom is -0.496 e. The van der Waals surface area contributed by atoms with E-state index in [-0.39, 0.29) is 18.8 Å². The molecule has 0 saturated heterocycles. The fourth-order valence-corrected chi connectivity index (χ4v) is 2.42. The number of aliphatic hydroxyl groups excluding tert-OH is 1. The van der Waals surface area contributed by atoms with Crippen LogP contribution in [0.1, 0.15) is 31.0 Å². The minimum atomic E-state index is -0.116. The van der Waals surface area contributed by atoms with Crippen LogP contribution in [0.25, 0.3) is 0 Å². The number of hydrogen-bond acceptors (Lipinski definition) is 4. The molecule has 4 nitrogen and oxygen atoms in total. The van der Waals surface area contributed by atoms with E-state index in [2.05, 4.69) is 12.2 Å². The average Bonchev–Trinajstić information content (AvgIpc) is 2.73. The first-order valence-corrected chi connectivity index (χ1v) is 6.41. The summed E-state index contributed by atoms with van der Waals surface area (Å²) in [6, 6.07) is 3.89. The Morgan fingerprint density at radius 1 is 1.56 bits per heavy atom. The second-order valence-electron chi connectivity index (χ2n) is 4.63. The Labute approximate surface area is 108 Å². The summed E-state index contributed by atoms with van der Waals surface area (Å²) < 4.78 is 11.2. The van der Waals surface area contributed by atoms with Crippen LogP contribution in [0.3, 0.4) is 0 Å². The van der Waals surface area contributed by atoms with Crippen molar-refractivity contribution in [2.24, 2.45) is 0 Å². The first kappa shape index (κ1) is 13.2. The summed E-state index contributed by atoms with van der Waals surface area (Å²) in [6.45, 7) is 4.91. The van der Waals surface area contributed by atoms with Crippen LogP contribution in [-0.4, -0.2) is 31.5 Å². The van der Waals surface area contributed by atoms with Gasteiger partial charge in [0, 0.05) is 17.5 Å². The summed E-state index contributed by atoms with van der Waals surface area (Å²) >= 11 is 0. The Balaban J connectivity index is 2.37. The van der Waals surface area contributed by atoms with E-state index < -0.39 is 0 Å². The van der Waals surface area contributed by atoms with Gasteiger partial charge in [-0.15, -0.1) is 0 Å². The van der Waals surface area contributed by atoms with Crippen LogP contribution in [0.15, 0.2) is 12.1 Å². The van der Waals surface area contributed by atoms with Crippen molar-refractivity contribution < 1.29 is 14.6 Å². The normalized spacial score (nSPS) is 19.2. The Hall–Kier alpha value is -1.26. The third-order valence-electron chi connectivity index (χ3n) is 3.26. The van der Waals surface area contributed by atoms with E-state index in [0.29, 0.717) is 0 Å². The van der Waals surface area contributed by atoms with Crippen LogP contribution in [0.2, 0.25) is 0 Å². The van der Waals surface area contributed by atoms with Crippen LogP contribution < -0.4 is 14.8 Å². The fourth-order valence-electron chi connectivity index (χ4n) is 2.42. The molecule has 100 valence electrons. The maximum atomic E-state index is 9.47. The Morgan fingerprint density at radius 2 is 2.33 bits per heavy atom. The molecule has 2 unspecified atom stereocenters. The largest absolute Gasteiger partial charge is 0.496 e. The van der Waals surface area contributed by atoms with Crippen molar-refractivity contribution in [3.05, 3.63) is 23.3 Å². The topological polar surface area (TPSA) is 50.7 Å². The molecule has 0 radical (unpaired) electrons. The van der Waals surface area contributed by atoms with Crippen LogP contribution >= 0.6 is 0 Å². The standard InChI is InChI=1S/C14H21NO3/c1-4-15-12(8-16)11-7-13-10(5-9(2)18-13)6-14(11)17-3/h6-7,9,12,15-16H,4-5,8H2,1-3H3. The Kier molecular flexibility index (Phi) is 4.09. The SMILES string of the molecule is CCNC(CO)c1cc2c(cc1OC)CC(C)O2. The summed E-state index contributed by atoms with van der Waals surface area (Å²) in [5, 5.41) is 12.7. The van der Waals surface area contributed by atoms with Gasteiger partial charge in [0.15, 0.2) is 0 Å². The molecule has 0 fully saturated rings. The highest BCUT2D eigenvalue weighted by molar-refractivity contribution is 5.50. The van der Waals surface area contributed by atoms with E-state index in [1.807, 2.05) is 19.1 Å². The molecular formula is C14H21NO3. The van der Waals surface area contributed by atoms with Gasteiger partial charge >= 0.3 is 0 Å². The minimum absolute atomic E-state index is 0.0402. The molecule has 1 aliphatic rings. The van der Waals surface area contributed by atoms with Crippen LogP contribution in [0.4, 0.5) is 0 Å². The average molecular weight is 251 g/mol. The molecule has 0 spiro atoms. The molecule has 2 N–H and O–H groups in total. The van der Waals surface area contributed by atoms with E-state index in [1.165, 1.54) is 5.56 Å². The summed E-state index contributed by atoms with van der Waals surface area (Å²) in [7, 11) is 1.66. The molecule has 1 heterocycles. The molecule has 0 saturated carbocycles. The highest BCUT2D eigenvalue weighted by atomic mass is 16.5. The molecule has 1 aromatic carbocycles. The molecule has 2 rings (SSSR count). The second kappa shape index (κ2) is 5.59. The number of ether oxygens (including phenoxy) is 2. The van der Waals surface area contributed by atoms with E-state index in [1.54, 1.807) is 7.11 Å². The third-order valence-corrected chi connectivity index (χ3v) is 3.26. The van der Waals surface area contributed by atoms with Crippen molar-refractivity contribution in [2.45, 2.75) is 32.4 Å². The van der Waals surface area contributed by atoms with Crippen molar-refractivity contribution in [1.82, 2.24) is 5.32 Å². The predicted molar refractivity (Wildman–Crippen MR) is 70.3 cm³/mol. The highest BCUT2D eigenvalue weighted by Gasteiger charge is 2.24. The lowest BCUT2D eigenvalue weighted by Crippen LogP contribution is -2.24. The van der Waals surface area contributed by atoms with Crippen LogP contribution in [0.5, 0.6) is 11.5 Å². The number of aliphatic hydroxyl groups is 1. The predicted octanol–water partition coefficient (Wildman–Crippen LogP) is 1.66. The monoisotopic (exact) mass is 251 g/mol. The van der Waals surface area contributed by atoms with Gasteiger partial charge in [0.25, 0.3) is 0 Å². The summed E-state index contributed by atoms with van der Waals surface area (Å²) in [6.07, 6.45) is 1.13. The van der Waals surface area contributed by atoms with Gasteiger partial charge in [-0.3, -0.25) is 0 Å². The van der Waals surface area contributed by atoms with Gasteiger partial charge in [-0.05, 0) is 25.6 Å². The lowest BCUT2D eigenvalue weighted by molar-refractivity contribution is 0.240. The van der Waals surface area contributed by atoms with Gasteiger partial charge in [-0.1, -0.05) is 6.92 Å². The zero-order valence-electron chi connectivity index (χ0n) is 11.2. The van der Waals surface area contributed by atoms with Gasteiger partial charge in [-0.2, -0.15) is 0 Å². The molecule has 2 atom stereocenters. The maximum absolute atomic E-state index is 9.47. The Morgan fingerprint density at radius 3 is 2.94 bits per heavy atom. The van der Waals surface area contributed by atoms with Gasteiger partial charge in [0.05, 0.1) is 19.8 Å². The molecule has 1 aliphatic heterocycles. The molecule has 0 aromatic heterocycles. The van der Waals surface area contributed by atoms with Crippen LogP contribution in [0, 0.1) is 0 Å². The zero-order chi connectivity index (χ0) is 13.1. The zero-order valence-corrected chi connectivity index (χ0v) is 11.2. The quantitative estimate of drug-likeness (QED) is 0.835. The van der Waals surface area contributed by atoms with E-state index in [9.17, 15) is 5.11 Å². The summed E-state index contributed by atoms with van der Waals surface area (Å²) in [5.41, 5.74) is 2.13. The lowest BCUT2D eigenvalue weighted by atomic mass is 10.0. The van der Waals surface area contributed by atoms with Crippen molar-refractivity contribution >= 4 is 0 Å². The third kappa shape index (κ3) is 2.44. The highest BCUT2D eigenvalue weighted by Crippen LogP contribution is 2.37. The molecule has 1 aromatic rings. The second-order valence-corrected chi connectivity index (χ2v) is 4.63. The lowest BCUT2D eigenvalue weighted by Gasteiger charge is -2.19. The van der Waals surface area contributed by atoms with Crippen LogP contribution in [-0.2, 0) is 6.42 Å². The molecule has 0 amide bonds. The molecular weight excluding hydrogens is 230 g/mol. The summed E-state index contributed by atoms with van der Waals surface area (Å²) in [5.74, 6) is 1.72. The maximum Gasteiger partial charge on any atom is 0.124 e.